The maximum Gasteiger partial charge on any atom is 0.0456 e. The summed E-state index contributed by atoms with van der Waals surface area (Å²) in [5.41, 5.74) is 9.48. The van der Waals surface area contributed by atoms with Crippen LogP contribution in [0.5, 0.6) is 0 Å². The molecule has 1 heteroatoms. The van der Waals surface area contributed by atoms with E-state index in [2.05, 4.69) is 158 Å². The van der Waals surface area contributed by atoms with Crippen LogP contribution in [0.2, 0.25) is 0 Å². The van der Waals surface area contributed by atoms with E-state index in [9.17, 15) is 0 Å². The van der Waals surface area contributed by atoms with Crippen LogP contribution in [0, 0.1) is 6.92 Å². The van der Waals surface area contributed by atoms with Gasteiger partial charge in [-0.05, 0) is 53.4 Å². The lowest BCUT2D eigenvalue weighted by Crippen LogP contribution is -2.10. The lowest BCUT2D eigenvalue weighted by atomic mass is 9.98. The van der Waals surface area contributed by atoms with Crippen molar-refractivity contribution in [3.63, 3.8) is 0 Å². The predicted molar refractivity (Wildman–Crippen MR) is 145 cm³/mol. The minimum absolute atomic E-state index is 1.12. The van der Waals surface area contributed by atoms with Crippen LogP contribution in [-0.4, -0.2) is 0 Å². The van der Waals surface area contributed by atoms with Crippen LogP contribution in [-0.2, 0) is 0 Å². The van der Waals surface area contributed by atoms with Crippen LogP contribution >= 0.6 is 0 Å². The molecule has 1 nitrogen and oxygen atoms in total. The Balaban J connectivity index is 1.64. The first-order valence-electron chi connectivity index (χ1n) is 11.6. The molecule has 0 amide bonds. The van der Waals surface area contributed by atoms with E-state index >= 15 is 0 Å². The Hall–Kier alpha value is -4.36. The van der Waals surface area contributed by atoms with Gasteiger partial charge < -0.3 is 4.90 Å². The van der Waals surface area contributed by atoms with E-state index in [0.29, 0.717) is 0 Å². The molecule has 5 rings (SSSR count). The van der Waals surface area contributed by atoms with E-state index in [1.165, 1.54) is 33.4 Å². The van der Waals surface area contributed by atoms with Gasteiger partial charge in [-0.25, -0.2) is 0 Å². The van der Waals surface area contributed by atoms with Crippen LogP contribution < -0.4 is 4.90 Å². The Labute approximate surface area is 202 Å². The van der Waals surface area contributed by atoms with Gasteiger partial charge in [-0.15, -0.1) is 0 Å². The number of rotatable bonds is 6. The summed E-state index contributed by atoms with van der Waals surface area (Å²) in [5.74, 6) is 0. The molecule has 0 N–H and O–H groups in total. The molecule has 5 aromatic carbocycles. The van der Waals surface area contributed by atoms with Gasteiger partial charge in [0.2, 0.25) is 0 Å². The third kappa shape index (κ3) is 4.84. The second-order valence-corrected chi connectivity index (χ2v) is 8.39. The molecule has 0 aliphatic rings. The summed E-state index contributed by atoms with van der Waals surface area (Å²) in [4.78, 5) is 2.28. The first kappa shape index (κ1) is 21.5. The first-order chi connectivity index (χ1) is 16.8. The fraction of sp³-hybridized carbons (Fsp3) is 0.0303. The third-order valence-electron chi connectivity index (χ3n) is 5.99. The van der Waals surface area contributed by atoms with Crippen molar-refractivity contribution in [2.75, 3.05) is 4.90 Å². The molecule has 0 radical (unpaired) electrons. The molecule has 0 bridgehead atoms. The van der Waals surface area contributed by atoms with E-state index < -0.39 is 0 Å². The molecule has 0 aromatic heterocycles. The highest BCUT2D eigenvalue weighted by atomic mass is 15.1. The van der Waals surface area contributed by atoms with Crippen molar-refractivity contribution in [2.24, 2.45) is 0 Å². The number of hydrogen-bond donors (Lipinski definition) is 0. The number of hydrogen-bond acceptors (Lipinski definition) is 1. The molecule has 0 unspecified atom stereocenters. The second kappa shape index (κ2) is 10.1. The Kier molecular flexibility index (Phi) is 6.36. The van der Waals surface area contributed by atoms with E-state index in [1.807, 2.05) is 0 Å². The zero-order valence-electron chi connectivity index (χ0n) is 19.3. The van der Waals surface area contributed by atoms with Crippen molar-refractivity contribution in [1.29, 1.82) is 0 Å². The van der Waals surface area contributed by atoms with Gasteiger partial charge in [-0.3, -0.25) is 0 Å². The average Bonchev–Trinajstić information content (AvgIpc) is 2.92. The quantitative estimate of drug-likeness (QED) is 0.256. The van der Waals surface area contributed by atoms with Crippen LogP contribution in [0.25, 0.3) is 16.7 Å². The molecule has 0 aliphatic heterocycles. The van der Waals surface area contributed by atoms with E-state index in [-0.39, 0.29) is 0 Å². The van der Waals surface area contributed by atoms with Crippen molar-refractivity contribution < 1.29 is 0 Å². The fourth-order valence-corrected chi connectivity index (χ4v) is 4.13. The summed E-state index contributed by atoms with van der Waals surface area (Å²) in [5, 5.41) is 0. The summed E-state index contributed by atoms with van der Waals surface area (Å²) in [7, 11) is 0. The van der Waals surface area contributed by atoms with Gasteiger partial charge in [0, 0.05) is 23.1 Å². The van der Waals surface area contributed by atoms with E-state index in [0.717, 1.165) is 11.4 Å². The zero-order valence-corrected chi connectivity index (χ0v) is 19.3. The van der Waals surface area contributed by atoms with Gasteiger partial charge in [0.15, 0.2) is 0 Å². The minimum Gasteiger partial charge on any atom is -0.317 e. The molecule has 164 valence electrons. The van der Waals surface area contributed by atoms with Gasteiger partial charge in [0.1, 0.15) is 0 Å². The fourth-order valence-electron chi connectivity index (χ4n) is 4.13. The molecule has 5 aromatic rings. The van der Waals surface area contributed by atoms with Crippen molar-refractivity contribution in [3.05, 3.63) is 162 Å². The smallest absolute Gasteiger partial charge is 0.0456 e. The molecule has 0 saturated heterocycles. The molecule has 0 fully saturated rings. The Morgan fingerprint density at radius 2 is 0.882 bits per heavy atom. The van der Waals surface area contributed by atoms with Gasteiger partial charge >= 0.3 is 0 Å². The minimum atomic E-state index is 1.12. The number of benzene rings is 5. The maximum absolute atomic E-state index is 2.28. The Morgan fingerprint density at radius 1 is 0.471 bits per heavy atom. The molecule has 0 saturated carbocycles. The number of nitrogens with zero attached hydrogens (tertiary/aromatic N) is 1. The number of anilines is 2. The highest BCUT2D eigenvalue weighted by Gasteiger charge is 2.12. The van der Waals surface area contributed by atoms with Crippen LogP contribution in [0.1, 0.15) is 16.7 Å². The van der Waals surface area contributed by atoms with Crippen LogP contribution in [0.15, 0.2) is 146 Å². The standard InChI is InChI=1S/C33H27N/c1-26-17-21-31(22-18-26)34(32-23-19-28(20-24-32)27-11-5-2-6-12-27)25-33(29-13-7-3-8-14-29)30-15-9-4-10-16-30/h2-25H,1H3. The SMILES string of the molecule is Cc1ccc(N(C=C(c2ccccc2)c2ccccc2)c2ccc(-c3ccccc3)cc2)cc1. The molecule has 0 heterocycles. The number of aryl methyl sites for hydroxylation is 1. The molecule has 0 atom stereocenters. The largest absolute Gasteiger partial charge is 0.317 e. The van der Waals surface area contributed by atoms with Crippen molar-refractivity contribution >= 4 is 16.9 Å². The Bertz CT molecular complexity index is 1310. The average molecular weight is 438 g/mol. The monoisotopic (exact) mass is 437 g/mol. The molecule has 0 spiro atoms. The summed E-state index contributed by atoms with van der Waals surface area (Å²) < 4.78 is 0. The Morgan fingerprint density at radius 3 is 1.38 bits per heavy atom. The highest BCUT2D eigenvalue weighted by Crippen LogP contribution is 2.33. The third-order valence-corrected chi connectivity index (χ3v) is 5.99. The lowest BCUT2D eigenvalue weighted by Gasteiger charge is -2.24. The molecule has 0 aliphatic carbocycles. The topological polar surface area (TPSA) is 3.24 Å². The van der Waals surface area contributed by atoms with Crippen LogP contribution in [0.3, 0.4) is 0 Å². The van der Waals surface area contributed by atoms with E-state index in [1.54, 1.807) is 0 Å². The zero-order chi connectivity index (χ0) is 23.2. The summed E-state index contributed by atoms with van der Waals surface area (Å²) in [6, 6.07) is 49.2. The van der Waals surface area contributed by atoms with Gasteiger partial charge in [-0.1, -0.05) is 121 Å². The first-order valence-corrected chi connectivity index (χ1v) is 11.6. The highest BCUT2D eigenvalue weighted by molar-refractivity contribution is 5.84. The van der Waals surface area contributed by atoms with Crippen LogP contribution in [0.4, 0.5) is 11.4 Å². The molecule has 34 heavy (non-hydrogen) atoms. The molecular weight excluding hydrogens is 410 g/mol. The van der Waals surface area contributed by atoms with E-state index in [4.69, 9.17) is 0 Å². The van der Waals surface area contributed by atoms with Gasteiger partial charge in [0.05, 0.1) is 0 Å². The lowest BCUT2D eigenvalue weighted by molar-refractivity contribution is 1.27. The maximum atomic E-state index is 2.28. The van der Waals surface area contributed by atoms with Gasteiger partial charge in [-0.2, -0.15) is 0 Å². The van der Waals surface area contributed by atoms with Crippen molar-refractivity contribution in [2.45, 2.75) is 6.92 Å². The summed E-state index contributed by atoms with van der Waals surface area (Å²) in [6.07, 6.45) is 2.26. The van der Waals surface area contributed by atoms with Gasteiger partial charge in [0.25, 0.3) is 0 Å². The van der Waals surface area contributed by atoms with Crippen molar-refractivity contribution in [3.8, 4) is 11.1 Å². The molecular formula is C33H27N. The summed E-state index contributed by atoms with van der Waals surface area (Å²) in [6.45, 7) is 2.12. The van der Waals surface area contributed by atoms with Crippen molar-refractivity contribution in [1.82, 2.24) is 0 Å². The second-order valence-electron chi connectivity index (χ2n) is 8.39. The predicted octanol–water partition coefficient (Wildman–Crippen LogP) is 8.89. The normalized spacial score (nSPS) is 10.5. The summed E-state index contributed by atoms with van der Waals surface area (Å²) >= 11 is 0.